The summed E-state index contributed by atoms with van der Waals surface area (Å²) in [6, 6.07) is 0. The van der Waals surface area contributed by atoms with Crippen molar-refractivity contribution in [3.63, 3.8) is 0 Å². The van der Waals surface area contributed by atoms with Gasteiger partial charge in [0.2, 0.25) is 5.91 Å². The lowest BCUT2D eigenvalue weighted by molar-refractivity contribution is -0.131. The molecule has 0 aromatic heterocycles. The molecule has 0 radical (unpaired) electrons. The van der Waals surface area contributed by atoms with Gasteiger partial charge in [0.15, 0.2) is 0 Å². The summed E-state index contributed by atoms with van der Waals surface area (Å²) < 4.78 is 5.52. The van der Waals surface area contributed by atoms with Gasteiger partial charge in [0.1, 0.15) is 6.10 Å². The van der Waals surface area contributed by atoms with Crippen molar-refractivity contribution < 1.29 is 9.53 Å². The largest absolute Gasteiger partial charge is 0.369 e. The second-order valence-electron chi connectivity index (χ2n) is 4.41. The van der Waals surface area contributed by atoms with Crippen LogP contribution in [-0.4, -0.2) is 38.3 Å². The fourth-order valence-electron chi connectivity index (χ4n) is 1.98. The number of likely N-dealkylation sites (N-methyl/N-ethyl adjacent to an activating group) is 1. The molecule has 0 spiro atoms. The number of carbonyl (C=O) groups is 1. The van der Waals surface area contributed by atoms with E-state index in [0.717, 1.165) is 25.4 Å². The minimum atomic E-state index is -0.323. The van der Waals surface area contributed by atoms with Gasteiger partial charge in [-0.1, -0.05) is 0 Å². The highest BCUT2D eigenvalue weighted by Gasteiger charge is 2.15. The Morgan fingerprint density at radius 2 is 2.44 bits per heavy atom. The molecule has 4 nitrogen and oxygen atoms in total. The second kappa shape index (κ2) is 7.63. The van der Waals surface area contributed by atoms with E-state index in [1.54, 1.807) is 0 Å². The Labute approximate surface area is 98.1 Å². The molecule has 2 unspecified atom stereocenters. The summed E-state index contributed by atoms with van der Waals surface area (Å²) in [6.07, 6.45) is 3.27. The van der Waals surface area contributed by atoms with Gasteiger partial charge in [-0.3, -0.25) is 4.79 Å². The maximum Gasteiger partial charge on any atom is 0.248 e. The van der Waals surface area contributed by atoms with Crippen molar-refractivity contribution in [2.45, 2.75) is 39.2 Å². The Bertz CT molecular complexity index is 203. The van der Waals surface area contributed by atoms with E-state index in [1.807, 2.05) is 13.8 Å². The van der Waals surface area contributed by atoms with Gasteiger partial charge in [-0.05, 0) is 52.1 Å². The van der Waals surface area contributed by atoms with E-state index in [2.05, 4.69) is 10.6 Å². The molecule has 1 rings (SSSR count). The van der Waals surface area contributed by atoms with Crippen LogP contribution in [0.1, 0.15) is 33.1 Å². The molecular formula is C12H24N2O2. The SMILES string of the molecule is CCNC(=O)C(C)OCCC1CCCNC1. The van der Waals surface area contributed by atoms with Crippen LogP contribution >= 0.6 is 0 Å². The molecule has 1 amide bonds. The van der Waals surface area contributed by atoms with E-state index in [1.165, 1.54) is 12.8 Å². The van der Waals surface area contributed by atoms with Gasteiger partial charge in [-0.15, -0.1) is 0 Å². The molecule has 1 aliphatic heterocycles. The normalized spacial score (nSPS) is 22.8. The number of rotatable bonds is 6. The van der Waals surface area contributed by atoms with Crippen LogP contribution in [-0.2, 0) is 9.53 Å². The van der Waals surface area contributed by atoms with Crippen LogP contribution in [0.3, 0.4) is 0 Å². The summed E-state index contributed by atoms with van der Waals surface area (Å²) in [5.41, 5.74) is 0. The molecule has 1 fully saturated rings. The molecule has 2 atom stereocenters. The van der Waals surface area contributed by atoms with E-state index in [0.29, 0.717) is 13.2 Å². The molecule has 1 heterocycles. The Hall–Kier alpha value is -0.610. The molecule has 0 aliphatic carbocycles. The van der Waals surface area contributed by atoms with Crippen molar-refractivity contribution in [1.29, 1.82) is 0 Å². The summed E-state index contributed by atoms with van der Waals surface area (Å²) in [5.74, 6) is 0.708. The standard InChI is InChI=1S/C12H24N2O2/c1-3-14-12(15)10(2)16-8-6-11-5-4-7-13-9-11/h10-11,13H,3-9H2,1-2H3,(H,14,15). The van der Waals surface area contributed by atoms with Crippen LogP contribution in [0.2, 0.25) is 0 Å². The minimum absolute atomic E-state index is 0.00994. The molecule has 0 saturated carbocycles. The minimum Gasteiger partial charge on any atom is -0.369 e. The van der Waals surface area contributed by atoms with Crippen molar-refractivity contribution in [3.05, 3.63) is 0 Å². The Morgan fingerprint density at radius 3 is 3.06 bits per heavy atom. The van der Waals surface area contributed by atoms with Gasteiger partial charge in [-0.2, -0.15) is 0 Å². The lowest BCUT2D eigenvalue weighted by atomic mass is 9.97. The molecule has 0 aromatic carbocycles. The van der Waals surface area contributed by atoms with Crippen LogP contribution in [0.15, 0.2) is 0 Å². The summed E-state index contributed by atoms with van der Waals surface area (Å²) in [4.78, 5) is 11.4. The van der Waals surface area contributed by atoms with E-state index >= 15 is 0 Å². The van der Waals surface area contributed by atoms with Crippen LogP contribution in [0.4, 0.5) is 0 Å². The van der Waals surface area contributed by atoms with Gasteiger partial charge in [0, 0.05) is 13.2 Å². The molecule has 1 aliphatic rings. The maximum absolute atomic E-state index is 11.4. The van der Waals surface area contributed by atoms with Crippen LogP contribution in [0.5, 0.6) is 0 Å². The third-order valence-corrected chi connectivity index (χ3v) is 3.01. The van der Waals surface area contributed by atoms with Crippen LogP contribution < -0.4 is 10.6 Å². The Morgan fingerprint density at radius 1 is 1.62 bits per heavy atom. The number of hydrogen-bond donors (Lipinski definition) is 2. The van der Waals surface area contributed by atoms with E-state index in [9.17, 15) is 4.79 Å². The average Bonchev–Trinajstić information content (AvgIpc) is 2.30. The maximum atomic E-state index is 11.4. The summed E-state index contributed by atoms with van der Waals surface area (Å²) >= 11 is 0. The molecule has 2 N–H and O–H groups in total. The van der Waals surface area contributed by atoms with Crippen molar-refractivity contribution in [2.24, 2.45) is 5.92 Å². The van der Waals surface area contributed by atoms with Gasteiger partial charge >= 0.3 is 0 Å². The van der Waals surface area contributed by atoms with Crippen LogP contribution in [0.25, 0.3) is 0 Å². The van der Waals surface area contributed by atoms with E-state index in [4.69, 9.17) is 4.74 Å². The van der Waals surface area contributed by atoms with Crippen LogP contribution in [0, 0.1) is 5.92 Å². The molecule has 16 heavy (non-hydrogen) atoms. The smallest absolute Gasteiger partial charge is 0.248 e. The van der Waals surface area contributed by atoms with Crippen molar-refractivity contribution in [1.82, 2.24) is 10.6 Å². The van der Waals surface area contributed by atoms with Gasteiger partial charge in [0.25, 0.3) is 0 Å². The second-order valence-corrected chi connectivity index (χ2v) is 4.41. The van der Waals surface area contributed by atoms with Crippen molar-refractivity contribution in [3.8, 4) is 0 Å². The summed E-state index contributed by atoms with van der Waals surface area (Å²) in [6.45, 7) is 7.32. The lowest BCUT2D eigenvalue weighted by Gasteiger charge is -2.23. The van der Waals surface area contributed by atoms with E-state index in [-0.39, 0.29) is 12.0 Å². The first kappa shape index (κ1) is 13.5. The fourth-order valence-corrected chi connectivity index (χ4v) is 1.98. The summed E-state index contributed by atoms with van der Waals surface area (Å²) in [7, 11) is 0. The fraction of sp³-hybridized carbons (Fsp3) is 0.917. The van der Waals surface area contributed by atoms with Crippen molar-refractivity contribution in [2.75, 3.05) is 26.2 Å². The zero-order chi connectivity index (χ0) is 11.8. The number of piperidine rings is 1. The Balaban J connectivity index is 2.07. The quantitative estimate of drug-likeness (QED) is 0.710. The first-order valence-electron chi connectivity index (χ1n) is 6.34. The molecular weight excluding hydrogens is 204 g/mol. The van der Waals surface area contributed by atoms with Crippen molar-refractivity contribution >= 4 is 5.91 Å². The molecule has 94 valence electrons. The predicted molar refractivity (Wildman–Crippen MR) is 64.3 cm³/mol. The lowest BCUT2D eigenvalue weighted by Crippen LogP contribution is -2.35. The monoisotopic (exact) mass is 228 g/mol. The average molecular weight is 228 g/mol. The number of hydrogen-bond acceptors (Lipinski definition) is 3. The molecule has 0 aromatic rings. The topological polar surface area (TPSA) is 50.4 Å². The highest BCUT2D eigenvalue weighted by atomic mass is 16.5. The number of nitrogens with one attached hydrogen (secondary N) is 2. The zero-order valence-electron chi connectivity index (χ0n) is 10.4. The van der Waals surface area contributed by atoms with E-state index < -0.39 is 0 Å². The highest BCUT2D eigenvalue weighted by molar-refractivity contribution is 5.80. The van der Waals surface area contributed by atoms with Gasteiger partial charge in [-0.25, -0.2) is 0 Å². The first-order valence-corrected chi connectivity index (χ1v) is 6.34. The third kappa shape index (κ3) is 4.94. The third-order valence-electron chi connectivity index (χ3n) is 3.01. The highest BCUT2D eigenvalue weighted by Crippen LogP contribution is 2.14. The predicted octanol–water partition coefficient (Wildman–Crippen LogP) is 0.917. The molecule has 0 bridgehead atoms. The Kier molecular flexibility index (Phi) is 6.42. The number of carbonyl (C=O) groups excluding carboxylic acids is 1. The first-order chi connectivity index (χ1) is 7.74. The summed E-state index contributed by atoms with van der Waals surface area (Å²) in [5, 5.41) is 6.14. The van der Waals surface area contributed by atoms with Gasteiger partial charge in [0.05, 0.1) is 0 Å². The number of amides is 1. The van der Waals surface area contributed by atoms with Gasteiger partial charge < -0.3 is 15.4 Å². The number of ether oxygens (including phenoxy) is 1. The molecule has 4 heteroatoms. The zero-order valence-corrected chi connectivity index (χ0v) is 10.4. The molecule has 1 saturated heterocycles.